The third kappa shape index (κ3) is 3.17. The number of rotatable bonds is 4. The van der Waals surface area contributed by atoms with Crippen molar-refractivity contribution < 1.29 is 13.9 Å². The molecule has 0 aliphatic heterocycles. The Morgan fingerprint density at radius 1 is 1.21 bits per heavy atom. The number of aliphatic hydroxyl groups excluding tert-OH is 1. The number of hydrogen-bond acceptors (Lipinski definition) is 2. The number of benzene rings is 1. The molecule has 1 atom stereocenters. The quantitative estimate of drug-likeness (QED) is 0.924. The third-order valence-corrected chi connectivity index (χ3v) is 2.96. The van der Waals surface area contributed by atoms with E-state index in [1.54, 1.807) is 4.68 Å². The van der Waals surface area contributed by atoms with Gasteiger partial charge in [0.2, 0.25) is 0 Å². The normalized spacial score (nSPS) is 12.7. The fourth-order valence-electron chi connectivity index (χ4n) is 2.12. The van der Waals surface area contributed by atoms with Crippen LogP contribution in [-0.4, -0.2) is 14.9 Å². The van der Waals surface area contributed by atoms with Gasteiger partial charge in [0.05, 0.1) is 11.8 Å². The molecule has 0 amide bonds. The molecule has 0 saturated heterocycles. The van der Waals surface area contributed by atoms with Crippen LogP contribution in [0.5, 0.6) is 0 Å². The van der Waals surface area contributed by atoms with Gasteiger partial charge in [0.25, 0.3) is 0 Å². The fourth-order valence-corrected chi connectivity index (χ4v) is 2.12. The highest BCUT2D eigenvalue weighted by Crippen LogP contribution is 2.21. The van der Waals surface area contributed by atoms with E-state index in [0.717, 1.165) is 29.6 Å². The predicted molar refractivity (Wildman–Crippen MR) is 67.7 cm³/mol. The van der Waals surface area contributed by atoms with E-state index in [0.29, 0.717) is 6.54 Å². The predicted octanol–water partition coefficient (Wildman–Crippen LogP) is 2.77. The highest BCUT2D eigenvalue weighted by atomic mass is 19.1. The van der Waals surface area contributed by atoms with Gasteiger partial charge < -0.3 is 5.11 Å². The SMILES string of the molecule is CCn1nc(C)cc1CC(O)c1cc(F)cc(F)c1. The maximum absolute atomic E-state index is 13.1. The van der Waals surface area contributed by atoms with Gasteiger partial charge in [0.15, 0.2) is 0 Å². The Bertz CT molecular complexity index is 561. The molecule has 19 heavy (non-hydrogen) atoms. The number of halogens is 2. The molecule has 1 aromatic heterocycles. The molecule has 1 aromatic carbocycles. The Labute approximate surface area is 110 Å². The van der Waals surface area contributed by atoms with Crippen LogP contribution in [0.3, 0.4) is 0 Å². The molecule has 1 heterocycles. The molecular formula is C14H16F2N2O. The van der Waals surface area contributed by atoms with Crippen LogP contribution in [0.1, 0.15) is 30.0 Å². The minimum absolute atomic E-state index is 0.235. The van der Waals surface area contributed by atoms with Gasteiger partial charge in [-0.15, -0.1) is 0 Å². The van der Waals surface area contributed by atoms with E-state index in [9.17, 15) is 13.9 Å². The zero-order chi connectivity index (χ0) is 14.0. The lowest BCUT2D eigenvalue weighted by atomic mass is 10.0. The first-order valence-electron chi connectivity index (χ1n) is 6.17. The summed E-state index contributed by atoms with van der Waals surface area (Å²) in [4.78, 5) is 0. The zero-order valence-corrected chi connectivity index (χ0v) is 10.9. The van der Waals surface area contributed by atoms with Crippen LogP contribution >= 0.6 is 0 Å². The van der Waals surface area contributed by atoms with Gasteiger partial charge in [-0.25, -0.2) is 8.78 Å². The zero-order valence-electron chi connectivity index (χ0n) is 10.9. The van der Waals surface area contributed by atoms with Gasteiger partial charge >= 0.3 is 0 Å². The Kier molecular flexibility index (Phi) is 3.95. The lowest BCUT2D eigenvalue weighted by Gasteiger charge is -2.12. The first-order chi connectivity index (χ1) is 8.99. The van der Waals surface area contributed by atoms with Crippen LogP contribution in [0.2, 0.25) is 0 Å². The van der Waals surface area contributed by atoms with Gasteiger partial charge in [0, 0.05) is 24.7 Å². The summed E-state index contributed by atoms with van der Waals surface area (Å²) >= 11 is 0. The van der Waals surface area contributed by atoms with Crippen LogP contribution in [-0.2, 0) is 13.0 Å². The molecule has 0 aliphatic carbocycles. The average Bonchev–Trinajstić information content (AvgIpc) is 2.68. The number of aromatic nitrogens is 2. The van der Waals surface area contributed by atoms with Crippen molar-refractivity contribution in [2.45, 2.75) is 32.9 Å². The van der Waals surface area contributed by atoms with Crippen molar-refractivity contribution in [1.29, 1.82) is 0 Å². The Morgan fingerprint density at radius 3 is 2.42 bits per heavy atom. The van der Waals surface area contributed by atoms with E-state index in [2.05, 4.69) is 5.10 Å². The maximum atomic E-state index is 13.1. The third-order valence-electron chi connectivity index (χ3n) is 2.96. The fraction of sp³-hybridized carbons (Fsp3) is 0.357. The number of aliphatic hydroxyl groups is 1. The van der Waals surface area contributed by atoms with E-state index < -0.39 is 17.7 Å². The molecule has 0 radical (unpaired) electrons. The average molecular weight is 266 g/mol. The summed E-state index contributed by atoms with van der Waals surface area (Å²) in [6.45, 7) is 4.50. The molecule has 0 bridgehead atoms. The molecule has 1 unspecified atom stereocenters. The Balaban J connectivity index is 2.22. The van der Waals surface area contributed by atoms with Gasteiger partial charge in [-0.1, -0.05) is 0 Å². The highest BCUT2D eigenvalue weighted by molar-refractivity contribution is 5.22. The first kappa shape index (κ1) is 13.7. The van der Waals surface area contributed by atoms with E-state index in [1.165, 1.54) is 0 Å². The maximum Gasteiger partial charge on any atom is 0.126 e. The van der Waals surface area contributed by atoms with Gasteiger partial charge in [-0.2, -0.15) is 5.10 Å². The molecule has 5 heteroatoms. The minimum Gasteiger partial charge on any atom is -0.388 e. The summed E-state index contributed by atoms with van der Waals surface area (Å²) in [5, 5.41) is 14.3. The van der Waals surface area contributed by atoms with Gasteiger partial charge in [-0.05, 0) is 37.6 Å². The molecular weight excluding hydrogens is 250 g/mol. The van der Waals surface area contributed by atoms with Crippen molar-refractivity contribution >= 4 is 0 Å². The number of nitrogens with zero attached hydrogens (tertiary/aromatic N) is 2. The number of hydrogen-bond donors (Lipinski definition) is 1. The van der Waals surface area contributed by atoms with Crippen molar-refractivity contribution in [3.63, 3.8) is 0 Å². The topological polar surface area (TPSA) is 38.0 Å². The summed E-state index contributed by atoms with van der Waals surface area (Å²) in [7, 11) is 0. The Morgan fingerprint density at radius 2 is 1.84 bits per heavy atom. The summed E-state index contributed by atoms with van der Waals surface area (Å²) < 4.78 is 28.0. The van der Waals surface area contributed by atoms with E-state index in [1.807, 2.05) is 19.9 Å². The van der Waals surface area contributed by atoms with Crippen LogP contribution < -0.4 is 0 Å². The molecule has 0 saturated carbocycles. The van der Waals surface area contributed by atoms with Crippen molar-refractivity contribution in [2.75, 3.05) is 0 Å². The molecule has 2 aromatic rings. The van der Waals surface area contributed by atoms with Crippen LogP contribution in [0.15, 0.2) is 24.3 Å². The second-order valence-corrected chi connectivity index (χ2v) is 4.52. The molecule has 2 rings (SSSR count). The second-order valence-electron chi connectivity index (χ2n) is 4.52. The van der Waals surface area contributed by atoms with Crippen LogP contribution in [0.25, 0.3) is 0 Å². The lowest BCUT2D eigenvalue weighted by molar-refractivity contribution is 0.174. The standard InChI is InChI=1S/C14H16F2N2O/c1-3-18-13(4-9(2)17-18)8-14(19)10-5-11(15)7-12(16)6-10/h4-7,14,19H,3,8H2,1-2H3. The molecule has 0 fully saturated rings. The minimum atomic E-state index is -0.952. The Hall–Kier alpha value is -1.75. The summed E-state index contributed by atoms with van der Waals surface area (Å²) in [5.41, 5.74) is 1.94. The van der Waals surface area contributed by atoms with Crippen LogP contribution in [0.4, 0.5) is 8.78 Å². The number of aryl methyl sites for hydroxylation is 2. The van der Waals surface area contributed by atoms with Gasteiger partial charge in [0.1, 0.15) is 11.6 Å². The van der Waals surface area contributed by atoms with Gasteiger partial charge in [-0.3, -0.25) is 4.68 Å². The largest absolute Gasteiger partial charge is 0.388 e. The van der Waals surface area contributed by atoms with Crippen molar-refractivity contribution in [3.05, 3.63) is 52.9 Å². The molecule has 0 aliphatic rings. The molecule has 3 nitrogen and oxygen atoms in total. The molecule has 0 spiro atoms. The van der Waals surface area contributed by atoms with Crippen molar-refractivity contribution in [2.24, 2.45) is 0 Å². The lowest BCUT2D eigenvalue weighted by Crippen LogP contribution is -2.09. The highest BCUT2D eigenvalue weighted by Gasteiger charge is 2.14. The second kappa shape index (κ2) is 5.48. The molecule has 1 N–H and O–H groups in total. The summed E-state index contributed by atoms with van der Waals surface area (Å²) in [6, 6.07) is 4.94. The summed E-state index contributed by atoms with van der Waals surface area (Å²) in [5.74, 6) is -1.37. The monoisotopic (exact) mass is 266 g/mol. The van der Waals surface area contributed by atoms with Crippen molar-refractivity contribution in [1.82, 2.24) is 9.78 Å². The smallest absolute Gasteiger partial charge is 0.126 e. The van der Waals surface area contributed by atoms with E-state index >= 15 is 0 Å². The van der Waals surface area contributed by atoms with Crippen LogP contribution in [0, 0.1) is 18.6 Å². The molecule has 102 valence electrons. The summed E-state index contributed by atoms with van der Waals surface area (Å²) in [6.07, 6.45) is -0.677. The van der Waals surface area contributed by atoms with E-state index in [4.69, 9.17) is 0 Å². The first-order valence-corrected chi connectivity index (χ1v) is 6.17. The van der Waals surface area contributed by atoms with E-state index in [-0.39, 0.29) is 12.0 Å². The van der Waals surface area contributed by atoms with Crippen molar-refractivity contribution in [3.8, 4) is 0 Å².